The molecule has 0 fully saturated rings. The van der Waals surface area contributed by atoms with Crippen LogP contribution in [0, 0.1) is 18.3 Å². The SMILES string of the molecule is CCN(CCC#N)c1cc(C)c(N)c(C(=O)OC)c1. The fourth-order valence-electron chi connectivity index (χ4n) is 1.90. The van der Waals surface area contributed by atoms with E-state index in [9.17, 15) is 4.79 Å². The number of anilines is 2. The lowest BCUT2D eigenvalue weighted by molar-refractivity contribution is 0.0602. The van der Waals surface area contributed by atoms with Crippen LogP contribution in [0.2, 0.25) is 0 Å². The molecule has 5 heteroatoms. The van der Waals surface area contributed by atoms with Crippen LogP contribution < -0.4 is 10.6 Å². The zero-order valence-corrected chi connectivity index (χ0v) is 11.6. The summed E-state index contributed by atoms with van der Waals surface area (Å²) in [5, 5.41) is 8.67. The number of aryl methyl sites for hydroxylation is 1. The van der Waals surface area contributed by atoms with Crippen molar-refractivity contribution in [2.24, 2.45) is 0 Å². The highest BCUT2D eigenvalue weighted by atomic mass is 16.5. The number of hydrogen-bond donors (Lipinski definition) is 1. The fourth-order valence-corrected chi connectivity index (χ4v) is 1.90. The molecule has 0 amide bonds. The van der Waals surface area contributed by atoms with Crippen molar-refractivity contribution in [3.63, 3.8) is 0 Å². The van der Waals surface area contributed by atoms with Gasteiger partial charge in [0.1, 0.15) is 0 Å². The van der Waals surface area contributed by atoms with Gasteiger partial charge in [0.05, 0.1) is 25.2 Å². The standard InChI is InChI=1S/C14H19N3O2/c1-4-17(7-5-6-15)11-8-10(2)13(16)12(9-11)14(18)19-3/h8-9H,4-5,7,16H2,1-3H3. The molecule has 0 heterocycles. The minimum atomic E-state index is -0.446. The van der Waals surface area contributed by atoms with Gasteiger partial charge < -0.3 is 15.4 Å². The molecule has 1 aromatic rings. The number of nitriles is 1. The second kappa shape index (κ2) is 6.64. The second-order valence-corrected chi connectivity index (χ2v) is 4.20. The van der Waals surface area contributed by atoms with Crippen LogP contribution >= 0.6 is 0 Å². The van der Waals surface area contributed by atoms with Gasteiger partial charge in [0.25, 0.3) is 0 Å². The minimum absolute atomic E-state index is 0.368. The van der Waals surface area contributed by atoms with Crippen molar-refractivity contribution in [2.45, 2.75) is 20.3 Å². The molecule has 0 aliphatic carbocycles. The summed E-state index contributed by atoms with van der Waals surface area (Å²) < 4.78 is 4.73. The van der Waals surface area contributed by atoms with Crippen molar-refractivity contribution < 1.29 is 9.53 Å². The van der Waals surface area contributed by atoms with E-state index in [0.29, 0.717) is 24.2 Å². The van der Waals surface area contributed by atoms with Crippen LogP contribution in [-0.2, 0) is 4.74 Å². The summed E-state index contributed by atoms with van der Waals surface area (Å²) >= 11 is 0. The zero-order chi connectivity index (χ0) is 14.4. The van der Waals surface area contributed by atoms with Crippen molar-refractivity contribution in [3.05, 3.63) is 23.3 Å². The monoisotopic (exact) mass is 261 g/mol. The molecule has 0 saturated heterocycles. The maximum absolute atomic E-state index is 11.7. The highest BCUT2D eigenvalue weighted by Crippen LogP contribution is 2.26. The lowest BCUT2D eigenvalue weighted by Crippen LogP contribution is -2.24. The Bertz CT molecular complexity index is 506. The van der Waals surface area contributed by atoms with Crippen molar-refractivity contribution in [1.82, 2.24) is 0 Å². The quantitative estimate of drug-likeness (QED) is 0.648. The molecule has 1 aromatic carbocycles. The van der Waals surface area contributed by atoms with E-state index in [1.807, 2.05) is 24.8 Å². The van der Waals surface area contributed by atoms with Gasteiger partial charge >= 0.3 is 5.97 Å². The van der Waals surface area contributed by atoms with E-state index in [0.717, 1.165) is 17.8 Å². The number of nitrogen functional groups attached to an aromatic ring is 1. The molecule has 0 spiro atoms. The van der Waals surface area contributed by atoms with Crippen molar-refractivity contribution >= 4 is 17.3 Å². The van der Waals surface area contributed by atoms with Gasteiger partial charge in [-0.3, -0.25) is 0 Å². The average Bonchev–Trinajstić information content (AvgIpc) is 2.42. The first-order chi connectivity index (χ1) is 9.04. The molecule has 0 aromatic heterocycles. The Morgan fingerprint density at radius 1 is 1.53 bits per heavy atom. The summed E-state index contributed by atoms with van der Waals surface area (Å²) in [4.78, 5) is 13.7. The molecule has 0 bridgehead atoms. The number of carbonyl (C=O) groups excluding carboxylic acids is 1. The normalized spacial score (nSPS) is 9.79. The van der Waals surface area contributed by atoms with Gasteiger partial charge in [0.2, 0.25) is 0 Å². The predicted octanol–water partition coefficient (Wildman–Crippen LogP) is 2.10. The Kier molecular flexibility index (Phi) is 5.19. The van der Waals surface area contributed by atoms with Gasteiger partial charge in [-0.25, -0.2) is 4.79 Å². The highest BCUT2D eigenvalue weighted by molar-refractivity contribution is 5.97. The Morgan fingerprint density at radius 3 is 2.74 bits per heavy atom. The van der Waals surface area contributed by atoms with Gasteiger partial charge in [-0.1, -0.05) is 0 Å². The van der Waals surface area contributed by atoms with E-state index in [1.54, 1.807) is 6.07 Å². The Morgan fingerprint density at radius 2 is 2.21 bits per heavy atom. The van der Waals surface area contributed by atoms with Crippen LogP contribution in [0.3, 0.4) is 0 Å². The third kappa shape index (κ3) is 3.38. The van der Waals surface area contributed by atoms with Gasteiger partial charge in [-0.2, -0.15) is 5.26 Å². The van der Waals surface area contributed by atoms with E-state index in [1.165, 1.54) is 7.11 Å². The van der Waals surface area contributed by atoms with Crippen molar-refractivity contribution in [2.75, 3.05) is 30.8 Å². The number of esters is 1. The van der Waals surface area contributed by atoms with E-state index >= 15 is 0 Å². The highest BCUT2D eigenvalue weighted by Gasteiger charge is 2.15. The van der Waals surface area contributed by atoms with Crippen LogP contribution in [0.5, 0.6) is 0 Å². The molecule has 5 nitrogen and oxygen atoms in total. The van der Waals surface area contributed by atoms with Crippen LogP contribution in [0.4, 0.5) is 11.4 Å². The van der Waals surface area contributed by atoms with Crippen LogP contribution in [0.25, 0.3) is 0 Å². The molecular weight excluding hydrogens is 242 g/mol. The molecule has 1 rings (SSSR count). The predicted molar refractivity (Wildman–Crippen MR) is 75.0 cm³/mol. The number of nitrogens with two attached hydrogens (primary N) is 1. The first-order valence-electron chi connectivity index (χ1n) is 6.15. The lowest BCUT2D eigenvalue weighted by atomic mass is 10.1. The first-order valence-corrected chi connectivity index (χ1v) is 6.15. The molecule has 0 aliphatic rings. The smallest absolute Gasteiger partial charge is 0.340 e. The molecule has 19 heavy (non-hydrogen) atoms. The van der Waals surface area contributed by atoms with Gasteiger partial charge in [-0.15, -0.1) is 0 Å². The molecule has 102 valence electrons. The van der Waals surface area contributed by atoms with E-state index in [4.69, 9.17) is 15.7 Å². The van der Waals surface area contributed by atoms with Crippen LogP contribution in [0.1, 0.15) is 29.3 Å². The summed E-state index contributed by atoms with van der Waals surface area (Å²) in [5.74, 6) is -0.446. The largest absolute Gasteiger partial charge is 0.465 e. The summed E-state index contributed by atoms with van der Waals surface area (Å²) in [6, 6.07) is 5.76. The van der Waals surface area contributed by atoms with E-state index < -0.39 is 5.97 Å². The lowest BCUT2D eigenvalue weighted by Gasteiger charge is -2.23. The third-order valence-corrected chi connectivity index (χ3v) is 3.02. The van der Waals surface area contributed by atoms with Gasteiger partial charge in [0, 0.05) is 24.5 Å². The number of ether oxygens (including phenoxy) is 1. The number of methoxy groups -OCH3 is 1. The minimum Gasteiger partial charge on any atom is -0.465 e. The van der Waals surface area contributed by atoms with E-state index in [2.05, 4.69) is 6.07 Å². The summed E-state index contributed by atoms with van der Waals surface area (Å²) in [6.07, 6.45) is 0.435. The summed E-state index contributed by atoms with van der Waals surface area (Å²) in [7, 11) is 1.33. The Balaban J connectivity index is 3.18. The molecule has 0 saturated carbocycles. The molecular formula is C14H19N3O2. The zero-order valence-electron chi connectivity index (χ0n) is 11.6. The summed E-state index contributed by atoms with van der Waals surface area (Å²) in [5.41, 5.74) is 8.41. The average molecular weight is 261 g/mol. The first kappa shape index (κ1) is 14.8. The molecule has 2 N–H and O–H groups in total. The van der Waals surface area contributed by atoms with E-state index in [-0.39, 0.29) is 0 Å². The van der Waals surface area contributed by atoms with Crippen molar-refractivity contribution in [3.8, 4) is 6.07 Å². The molecule has 0 unspecified atom stereocenters. The van der Waals surface area contributed by atoms with Crippen LogP contribution in [0.15, 0.2) is 12.1 Å². The van der Waals surface area contributed by atoms with Crippen molar-refractivity contribution in [1.29, 1.82) is 5.26 Å². The number of nitrogens with zero attached hydrogens (tertiary/aromatic N) is 2. The third-order valence-electron chi connectivity index (χ3n) is 3.02. The number of carbonyl (C=O) groups is 1. The Hall–Kier alpha value is -2.22. The van der Waals surface area contributed by atoms with Crippen LogP contribution in [-0.4, -0.2) is 26.2 Å². The molecule has 0 atom stereocenters. The number of rotatable bonds is 5. The second-order valence-electron chi connectivity index (χ2n) is 4.20. The fraction of sp³-hybridized carbons (Fsp3) is 0.429. The van der Waals surface area contributed by atoms with Gasteiger partial charge in [0.15, 0.2) is 0 Å². The summed E-state index contributed by atoms with van der Waals surface area (Å²) in [6.45, 7) is 5.23. The maximum Gasteiger partial charge on any atom is 0.340 e. The molecule has 0 radical (unpaired) electrons. The number of hydrogen-bond acceptors (Lipinski definition) is 5. The molecule has 0 aliphatic heterocycles. The number of benzene rings is 1. The van der Waals surface area contributed by atoms with Gasteiger partial charge in [-0.05, 0) is 31.5 Å². The topological polar surface area (TPSA) is 79.4 Å². The Labute approximate surface area is 113 Å². The maximum atomic E-state index is 11.7.